The molecule has 0 radical (unpaired) electrons. The van der Waals surface area contributed by atoms with Gasteiger partial charge >= 0.3 is 0 Å². The number of nitrogens with one attached hydrogen (secondary N) is 1. The van der Waals surface area contributed by atoms with Crippen LogP contribution in [-0.4, -0.2) is 22.8 Å². The molecule has 0 atom stereocenters. The van der Waals surface area contributed by atoms with Crippen molar-refractivity contribution >= 4 is 21.5 Å². The number of sulfonamides is 1. The van der Waals surface area contributed by atoms with Crippen LogP contribution in [-0.2, 0) is 15.8 Å². The van der Waals surface area contributed by atoms with Crippen molar-refractivity contribution in [2.24, 2.45) is 0 Å². The number of anilines is 1. The van der Waals surface area contributed by atoms with E-state index in [4.69, 9.17) is 0 Å². The molecule has 0 saturated heterocycles. The van der Waals surface area contributed by atoms with E-state index in [0.717, 1.165) is 5.56 Å². The third-order valence-electron chi connectivity index (χ3n) is 3.91. The first kappa shape index (κ1) is 17.2. The van der Waals surface area contributed by atoms with E-state index in [0.29, 0.717) is 22.7 Å². The summed E-state index contributed by atoms with van der Waals surface area (Å²) in [6.07, 6.45) is 5.32. The minimum absolute atomic E-state index is 0.312. The topological polar surface area (TPSA) is 76.4 Å². The number of aromatic nitrogens is 3. The molecular formula is C19H15FN4O2S. The largest absolute Gasteiger partial charge is 0.291 e. The summed E-state index contributed by atoms with van der Waals surface area (Å²) in [6.45, 7) is 0. The monoisotopic (exact) mass is 382 g/mol. The van der Waals surface area contributed by atoms with Gasteiger partial charge in [-0.05, 0) is 35.9 Å². The zero-order valence-corrected chi connectivity index (χ0v) is 14.9. The lowest BCUT2D eigenvalue weighted by atomic mass is 10.1. The van der Waals surface area contributed by atoms with Crippen molar-refractivity contribution in [2.45, 2.75) is 5.75 Å². The van der Waals surface area contributed by atoms with Crippen molar-refractivity contribution in [3.8, 4) is 11.3 Å². The highest BCUT2D eigenvalue weighted by Gasteiger charge is 2.13. The van der Waals surface area contributed by atoms with Crippen LogP contribution < -0.4 is 4.72 Å². The molecule has 1 N–H and O–H groups in total. The molecule has 0 amide bonds. The Bertz CT molecular complexity index is 1190. The Morgan fingerprint density at radius 3 is 2.74 bits per heavy atom. The molecule has 0 bridgehead atoms. The van der Waals surface area contributed by atoms with E-state index in [2.05, 4.69) is 14.7 Å². The predicted octanol–water partition coefficient (Wildman–Crippen LogP) is 3.48. The molecule has 6 nitrogen and oxygen atoms in total. The first-order valence-corrected chi connectivity index (χ1v) is 9.79. The van der Waals surface area contributed by atoms with Crippen molar-refractivity contribution in [3.05, 3.63) is 84.6 Å². The smallest absolute Gasteiger partial charge is 0.236 e. The number of hydrogen-bond donors (Lipinski definition) is 1. The van der Waals surface area contributed by atoms with Gasteiger partial charge in [0, 0.05) is 29.8 Å². The Hall–Kier alpha value is -3.26. The highest BCUT2D eigenvalue weighted by atomic mass is 32.2. The van der Waals surface area contributed by atoms with Crippen LogP contribution in [0.15, 0.2) is 73.2 Å². The fraction of sp³-hybridized carbons (Fsp3) is 0.0526. The summed E-state index contributed by atoms with van der Waals surface area (Å²) in [7, 11) is -3.68. The Kier molecular flexibility index (Phi) is 4.33. The average Bonchev–Trinajstić information content (AvgIpc) is 3.05. The van der Waals surface area contributed by atoms with Gasteiger partial charge in [0.05, 0.1) is 11.4 Å². The van der Waals surface area contributed by atoms with Gasteiger partial charge in [0.2, 0.25) is 15.8 Å². The van der Waals surface area contributed by atoms with Crippen molar-refractivity contribution in [1.29, 1.82) is 0 Å². The van der Waals surface area contributed by atoms with Gasteiger partial charge in [-0.3, -0.25) is 9.12 Å². The summed E-state index contributed by atoms with van der Waals surface area (Å²) in [5, 5.41) is 0. The van der Waals surface area contributed by atoms with Gasteiger partial charge in [0.15, 0.2) is 0 Å². The fourth-order valence-electron chi connectivity index (χ4n) is 2.77. The van der Waals surface area contributed by atoms with Crippen molar-refractivity contribution in [3.63, 3.8) is 0 Å². The maximum atomic E-state index is 13.3. The molecule has 0 aliphatic carbocycles. The summed E-state index contributed by atoms with van der Waals surface area (Å²) in [6, 6.07) is 14.3. The summed E-state index contributed by atoms with van der Waals surface area (Å²) < 4.78 is 42.4. The summed E-state index contributed by atoms with van der Waals surface area (Å²) in [5.41, 5.74) is 2.23. The summed E-state index contributed by atoms with van der Waals surface area (Å²) in [4.78, 5) is 8.60. The van der Waals surface area contributed by atoms with E-state index in [1.165, 1.54) is 18.2 Å². The van der Waals surface area contributed by atoms with E-state index in [1.807, 2.05) is 18.5 Å². The maximum Gasteiger partial charge on any atom is 0.236 e. The van der Waals surface area contributed by atoms with E-state index >= 15 is 0 Å². The van der Waals surface area contributed by atoms with Gasteiger partial charge in [-0.15, -0.1) is 0 Å². The molecule has 2 heterocycles. The standard InChI is InChI=1S/C19H15FN4O2S/c20-16-6-1-4-14(10-16)13-27(25,26)23-17-7-2-5-15(11-17)18-12-24-9-3-8-21-19(24)22-18/h1-12,23H,13H2. The van der Waals surface area contributed by atoms with Crippen molar-refractivity contribution in [2.75, 3.05) is 4.72 Å². The summed E-state index contributed by atoms with van der Waals surface area (Å²) >= 11 is 0. The lowest BCUT2D eigenvalue weighted by molar-refractivity contribution is 0.599. The minimum atomic E-state index is -3.68. The molecule has 27 heavy (non-hydrogen) atoms. The van der Waals surface area contributed by atoms with Crippen molar-refractivity contribution in [1.82, 2.24) is 14.4 Å². The van der Waals surface area contributed by atoms with Crippen molar-refractivity contribution < 1.29 is 12.8 Å². The van der Waals surface area contributed by atoms with E-state index in [-0.39, 0.29) is 5.75 Å². The molecule has 0 saturated carbocycles. The molecule has 0 aliphatic heterocycles. The maximum absolute atomic E-state index is 13.3. The normalized spacial score (nSPS) is 11.6. The third-order valence-corrected chi connectivity index (χ3v) is 5.17. The number of fused-ring (bicyclic) bond motifs is 1. The van der Waals surface area contributed by atoms with Crippen LogP contribution in [0, 0.1) is 5.82 Å². The molecule has 136 valence electrons. The number of nitrogens with zero attached hydrogens (tertiary/aromatic N) is 3. The number of hydrogen-bond acceptors (Lipinski definition) is 4. The average molecular weight is 382 g/mol. The van der Waals surface area contributed by atoms with Gasteiger partial charge in [-0.1, -0.05) is 24.3 Å². The highest BCUT2D eigenvalue weighted by Crippen LogP contribution is 2.23. The van der Waals surface area contributed by atoms with E-state index in [1.54, 1.807) is 40.9 Å². The van der Waals surface area contributed by atoms with Crippen LogP contribution in [0.4, 0.5) is 10.1 Å². The van der Waals surface area contributed by atoms with Gasteiger partial charge in [0.1, 0.15) is 5.82 Å². The second kappa shape index (κ2) is 6.81. The minimum Gasteiger partial charge on any atom is -0.291 e. The quantitative estimate of drug-likeness (QED) is 0.573. The van der Waals surface area contributed by atoms with Crippen LogP contribution in [0.25, 0.3) is 17.0 Å². The number of halogens is 1. The number of rotatable bonds is 5. The lowest BCUT2D eigenvalue weighted by Crippen LogP contribution is -2.15. The van der Waals surface area contributed by atoms with Crippen LogP contribution >= 0.6 is 0 Å². The zero-order valence-electron chi connectivity index (χ0n) is 14.1. The van der Waals surface area contributed by atoms with Crippen LogP contribution in [0.2, 0.25) is 0 Å². The van der Waals surface area contributed by atoms with Crippen LogP contribution in [0.1, 0.15) is 5.56 Å². The molecular weight excluding hydrogens is 367 g/mol. The van der Waals surface area contributed by atoms with Gasteiger partial charge in [-0.25, -0.2) is 22.8 Å². The zero-order chi connectivity index (χ0) is 18.9. The number of imidazole rings is 1. The second-order valence-corrected chi connectivity index (χ2v) is 7.75. The molecule has 0 aliphatic rings. The molecule has 4 aromatic rings. The predicted molar refractivity (Wildman–Crippen MR) is 101 cm³/mol. The van der Waals surface area contributed by atoms with Crippen LogP contribution in [0.5, 0.6) is 0 Å². The highest BCUT2D eigenvalue weighted by molar-refractivity contribution is 7.91. The molecule has 2 aromatic carbocycles. The molecule has 0 spiro atoms. The van der Waals surface area contributed by atoms with Gasteiger partial charge in [0.25, 0.3) is 0 Å². The Morgan fingerprint density at radius 1 is 1.07 bits per heavy atom. The molecule has 2 aromatic heterocycles. The Labute approximate surface area is 155 Å². The first-order valence-electron chi connectivity index (χ1n) is 8.14. The van der Waals surface area contributed by atoms with E-state index in [9.17, 15) is 12.8 Å². The Balaban J connectivity index is 1.58. The Morgan fingerprint density at radius 2 is 1.93 bits per heavy atom. The van der Waals surface area contributed by atoms with Gasteiger partial charge in [-0.2, -0.15) is 0 Å². The molecule has 8 heteroatoms. The summed E-state index contributed by atoms with van der Waals surface area (Å²) in [5.74, 6) is -0.220. The van der Waals surface area contributed by atoms with E-state index < -0.39 is 15.8 Å². The SMILES string of the molecule is O=S(=O)(Cc1cccc(F)c1)Nc1cccc(-c2cn3cccnc3n2)c1. The third kappa shape index (κ3) is 3.95. The molecule has 0 fully saturated rings. The molecule has 0 unspecified atom stereocenters. The van der Waals surface area contributed by atoms with Gasteiger partial charge < -0.3 is 0 Å². The first-order chi connectivity index (χ1) is 13.0. The lowest BCUT2D eigenvalue weighted by Gasteiger charge is -2.09. The second-order valence-electron chi connectivity index (χ2n) is 6.02. The fourth-order valence-corrected chi connectivity index (χ4v) is 3.95. The molecule has 4 rings (SSSR count). The number of benzene rings is 2. The van der Waals surface area contributed by atoms with Crippen LogP contribution in [0.3, 0.4) is 0 Å².